The lowest BCUT2D eigenvalue weighted by atomic mass is 10.0. The van der Waals surface area contributed by atoms with E-state index in [1.807, 2.05) is 0 Å². The van der Waals surface area contributed by atoms with Crippen LogP contribution in [0.25, 0.3) is 0 Å². The third-order valence-electron chi connectivity index (χ3n) is 1.51. The van der Waals surface area contributed by atoms with E-state index < -0.39 is 0 Å². The van der Waals surface area contributed by atoms with E-state index in [0.717, 1.165) is 26.1 Å². The maximum atomic E-state index is 8.61. The molecule has 2 nitrogen and oxygen atoms in total. The van der Waals surface area contributed by atoms with Gasteiger partial charge in [0, 0.05) is 19.1 Å². The summed E-state index contributed by atoms with van der Waals surface area (Å²) in [4.78, 5) is 0. The molecule has 2 heteroatoms. The molecule has 0 radical (unpaired) electrons. The standard InChI is InChI=1S/C6H12O2/c7-4-6-2-1-3-8-5-6/h6-7H,1-5H2/t6-/m1/s1. The smallest absolute Gasteiger partial charge is 0.0516 e. The van der Waals surface area contributed by atoms with Crippen molar-refractivity contribution in [2.75, 3.05) is 19.8 Å². The zero-order chi connectivity index (χ0) is 5.82. The van der Waals surface area contributed by atoms with E-state index >= 15 is 0 Å². The molecule has 0 aromatic carbocycles. The van der Waals surface area contributed by atoms with Crippen LogP contribution in [-0.2, 0) is 4.74 Å². The number of aliphatic hydroxyl groups excluding tert-OH is 1. The number of aliphatic hydroxyl groups is 1. The lowest BCUT2D eigenvalue weighted by molar-refractivity contribution is 0.0304. The second-order valence-electron chi connectivity index (χ2n) is 2.27. The monoisotopic (exact) mass is 116 g/mol. The molecule has 1 saturated heterocycles. The van der Waals surface area contributed by atoms with E-state index in [0.29, 0.717) is 12.5 Å². The Bertz CT molecular complexity index is 57.5. The van der Waals surface area contributed by atoms with Crippen molar-refractivity contribution >= 4 is 0 Å². The summed E-state index contributed by atoms with van der Waals surface area (Å²) in [6, 6.07) is 0. The van der Waals surface area contributed by atoms with Crippen LogP contribution >= 0.6 is 0 Å². The van der Waals surface area contributed by atoms with Gasteiger partial charge >= 0.3 is 0 Å². The van der Waals surface area contributed by atoms with Crippen molar-refractivity contribution in [2.24, 2.45) is 5.92 Å². The van der Waals surface area contributed by atoms with Crippen molar-refractivity contribution in [3.05, 3.63) is 0 Å². The van der Waals surface area contributed by atoms with Crippen LogP contribution in [0.1, 0.15) is 12.8 Å². The molecule has 8 heavy (non-hydrogen) atoms. The Hall–Kier alpha value is -0.0800. The summed E-state index contributed by atoms with van der Waals surface area (Å²) in [5.74, 6) is 0.420. The molecule has 0 spiro atoms. The first-order chi connectivity index (χ1) is 3.93. The van der Waals surface area contributed by atoms with Gasteiger partial charge in [0.05, 0.1) is 6.61 Å². The zero-order valence-electron chi connectivity index (χ0n) is 4.97. The van der Waals surface area contributed by atoms with Gasteiger partial charge in [-0.15, -0.1) is 0 Å². The van der Waals surface area contributed by atoms with Gasteiger partial charge in [0.15, 0.2) is 0 Å². The molecule has 1 aliphatic rings. The summed E-state index contributed by atoms with van der Waals surface area (Å²) in [5, 5.41) is 8.61. The van der Waals surface area contributed by atoms with Crippen LogP contribution in [0.4, 0.5) is 0 Å². The summed E-state index contributed by atoms with van der Waals surface area (Å²) in [7, 11) is 0. The normalized spacial score (nSPS) is 30.4. The summed E-state index contributed by atoms with van der Waals surface area (Å²) < 4.78 is 5.11. The highest BCUT2D eigenvalue weighted by Crippen LogP contribution is 2.11. The molecule has 48 valence electrons. The average Bonchev–Trinajstić information content (AvgIpc) is 1.90. The Labute approximate surface area is 49.5 Å². The maximum Gasteiger partial charge on any atom is 0.0516 e. The lowest BCUT2D eigenvalue weighted by Crippen LogP contribution is -2.19. The van der Waals surface area contributed by atoms with Gasteiger partial charge in [-0.2, -0.15) is 0 Å². The van der Waals surface area contributed by atoms with Gasteiger partial charge in [-0.3, -0.25) is 0 Å². The van der Waals surface area contributed by atoms with Crippen LogP contribution in [0.3, 0.4) is 0 Å². The van der Waals surface area contributed by atoms with Crippen LogP contribution in [0, 0.1) is 5.92 Å². The van der Waals surface area contributed by atoms with E-state index in [1.165, 1.54) is 0 Å². The number of rotatable bonds is 1. The summed E-state index contributed by atoms with van der Waals surface area (Å²) in [6.45, 7) is 1.94. The Morgan fingerprint density at radius 1 is 1.62 bits per heavy atom. The van der Waals surface area contributed by atoms with Crippen molar-refractivity contribution in [3.8, 4) is 0 Å². The minimum atomic E-state index is 0.292. The molecule has 1 rings (SSSR count). The lowest BCUT2D eigenvalue weighted by Gasteiger charge is -2.18. The zero-order valence-corrected chi connectivity index (χ0v) is 4.97. The van der Waals surface area contributed by atoms with E-state index in [2.05, 4.69) is 0 Å². The highest BCUT2D eigenvalue weighted by molar-refractivity contribution is 4.60. The van der Waals surface area contributed by atoms with Crippen LogP contribution < -0.4 is 0 Å². The third-order valence-corrected chi connectivity index (χ3v) is 1.51. The topological polar surface area (TPSA) is 29.5 Å². The Kier molecular flexibility index (Phi) is 2.30. The minimum absolute atomic E-state index is 0.292. The number of hydrogen-bond donors (Lipinski definition) is 1. The second-order valence-corrected chi connectivity index (χ2v) is 2.27. The van der Waals surface area contributed by atoms with E-state index in [9.17, 15) is 0 Å². The van der Waals surface area contributed by atoms with Crippen LogP contribution in [0.15, 0.2) is 0 Å². The second kappa shape index (κ2) is 3.05. The van der Waals surface area contributed by atoms with Crippen molar-refractivity contribution in [3.63, 3.8) is 0 Å². The molecule has 0 aliphatic carbocycles. The fourth-order valence-corrected chi connectivity index (χ4v) is 0.951. The van der Waals surface area contributed by atoms with Gasteiger partial charge in [0.1, 0.15) is 0 Å². The molecule has 1 N–H and O–H groups in total. The molecule has 0 saturated carbocycles. The molecule has 1 atom stereocenters. The van der Waals surface area contributed by atoms with E-state index in [1.54, 1.807) is 0 Å². The first-order valence-corrected chi connectivity index (χ1v) is 3.12. The molecule has 0 aromatic heterocycles. The minimum Gasteiger partial charge on any atom is -0.396 e. The van der Waals surface area contributed by atoms with E-state index in [-0.39, 0.29) is 0 Å². The predicted molar refractivity (Wildman–Crippen MR) is 30.6 cm³/mol. The van der Waals surface area contributed by atoms with Crippen LogP contribution in [0.5, 0.6) is 0 Å². The summed E-state index contributed by atoms with van der Waals surface area (Å²) in [6.07, 6.45) is 2.25. The molecule has 1 fully saturated rings. The van der Waals surface area contributed by atoms with Gasteiger partial charge in [0.25, 0.3) is 0 Å². The quantitative estimate of drug-likeness (QED) is 0.537. The van der Waals surface area contributed by atoms with Crippen LogP contribution in [0.2, 0.25) is 0 Å². The summed E-state index contributed by atoms with van der Waals surface area (Å²) >= 11 is 0. The van der Waals surface area contributed by atoms with Crippen molar-refractivity contribution in [2.45, 2.75) is 12.8 Å². The predicted octanol–water partition coefficient (Wildman–Crippen LogP) is 0.405. The van der Waals surface area contributed by atoms with Gasteiger partial charge in [0.2, 0.25) is 0 Å². The highest BCUT2D eigenvalue weighted by Gasteiger charge is 2.11. The first-order valence-electron chi connectivity index (χ1n) is 3.12. The van der Waals surface area contributed by atoms with Crippen molar-refractivity contribution in [1.29, 1.82) is 0 Å². The SMILES string of the molecule is OC[C@H]1CCCOC1. The molecule has 0 amide bonds. The highest BCUT2D eigenvalue weighted by atomic mass is 16.5. The Morgan fingerprint density at radius 2 is 2.50 bits per heavy atom. The third kappa shape index (κ3) is 1.46. The van der Waals surface area contributed by atoms with Gasteiger partial charge < -0.3 is 9.84 Å². The van der Waals surface area contributed by atoms with Crippen LogP contribution in [-0.4, -0.2) is 24.9 Å². The molecular formula is C6H12O2. The first kappa shape index (κ1) is 6.05. The molecule has 1 aliphatic heterocycles. The van der Waals surface area contributed by atoms with E-state index in [4.69, 9.17) is 9.84 Å². The number of ether oxygens (including phenoxy) is 1. The number of hydrogen-bond acceptors (Lipinski definition) is 2. The van der Waals surface area contributed by atoms with Gasteiger partial charge in [-0.25, -0.2) is 0 Å². The van der Waals surface area contributed by atoms with Crippen molar-refractivity contribution < 1.29 is 9.84 Å². The largest absolute Gasteiger partial charge is 0.396 e. The summed E-state index contributed by atoms with van der Waals surface area (Å²) in [5.41, 5.74) is 0. The maximum absolute atomic E-state index is 8.61. The fourth-order valence-electron chi connectivity index (χ4n) is 0.951. The molecule has 0 unspecified atom stereocenters. The molecular weight excluding hydrogens is 104 g/mol. The fraction of sp³-hybridized carbons (Fsp3) is 1.00. The molecule has 0 bridgehead atoms. The van der Waals surface area contributed by atoms with Crippen molar-refractivity contribution in [1.82, 2.24) is 0 Å². The Balaban J connectivity index is 2.13. The van der Waals surface area contributed by atoms with Gasteiger partial charge in [-0.1, -0.05) is 0 Å². The molecule has 1 heterocycles. The Morgan fingerprint density at radius 3 is 2.88 bits per heavy atom. The average molecular weight is 116 g/mol. The molecule has 0 aromatic rings. The van der Waals surface area contributed by atoms with Gasteiger partial charge in [-0.05, 0) is 12.8 Å².